The molecule has 0 aromatic carbocycles. The van der Waals surface area contributed by atoms with Crippen molar-refractivity contribution in [2.45, 2.75) is 52.1 Å². The summed E-state index contributed by atoms with van der Waals surface area (Å²) in [5.41, 5.74) is 5.25. The average molecular weight is 248 g/mol. The van der Waals surface area contributed by atoms with E-state index in [2.05, 4.69) is 12.2 Å². The largest absolute Gasteiger partial charge is 0.353 e. The third-order valence-corrected chi connectivity index (χ3v) is 3.60. The van der Waals surface area contributed by atoms with Crippen molar-refractivity contribution in [3.63, 3.8) is 0 Å². The Kier molecular flexibility index (Phi) is 6.83. The third-order valence-electron chi connectivity index (χ3n) is 1.95. The van der Waals surface area contributed by atoms with Gasteiger partial charge in [0.25, 0.3) is 0 Å². The van der Waals surface area contributed by atoms with Crippen LogP contribution in [0.15, 0.2) is 0 Å². The summed E-state index contributed by atoms with van der Waals surface area (Å²) in [5.74, 6) is 0.251. The number of nitrogens with two attached hydrogens (primary N) is 1. The predicted molar refractivity (Wildman–Crippen MR) is 68.7 cm³/mol. The van der Waals surface area contributed by atoms with Crippen LogP contribution in [0.4, 0.5) is 0 Å². The lowest BCUT2D eigenvalue weighted by Gasteiger charge is -2.18. The van der Waals surface area contributed by atoms with Crippen LogP contribution in [0.25, 0.3) is 0 Å². The second-order valence-corrected chi connectivity index (χ2v) is 6.43. The lowest BCUT2D eigenvalue weighted by molar-refractivity contribution is -0.119. The highest BCUT2D eigenvalue weighted by Gasteiger charge is 2.18. The van der Waals surface area contributed by atoms with Crippen LogP contribution in [0, 0.1) is 0 Å². The zero-order valence-corrected chi connectivity index (χ0v) is 11.5. The summed E-state index contributed by atoms with van der Waals surface area (Å²) in [7, 11) is -1.18. The quantitative estimate of drug-likeness (QED) is 0.699. The summed E-state index contributed by atoms with van der Waals surface area (Å²) >= 11 is 0. The molecule has 0 fully saturated rings. The SMILES string of the molecule is CCCC(C)NC(=O)CS(=O)CC(C)(C)N. The molecule has 0 saturated carbocycles. The van der Waals surface area contributed by atoms with E-state index < -0.39 is 16.3 Å². The Bertz CT molecular complexity index is 249. The molecule has 0 aliphatic carbocycles. The Hall–Kier alpha value is -0.420. The Labute approximate surface area is 101 Å². The minimum Gasteiger partial charge on any atom is -0.353 e. The molecule has 0 rings (SSSR count). The molecule has 96 valence electrons. The van der Waals surface area contributed by atoms with E-state index in [1.54, 1.807) is 0 Å². The van der Waals surface area contributed by atoms with Gasteiger partial charge in [0.1, 0.15) is 5.75 Å². The topological polar surface area (TPSA) is 72.2 Å². The highest BCUT2D eigenvalue weighted by Crippen LogP contribution is 2.00. The molecule has 4 nitrogen and oxygen atoms in total. The van der Waals surface area contributed by atoms with Crippen molar-refractivity contribution in [3.05, 3.63) is 0 Å². The summed E-state index contributed by atoms with van der Waals surface area (Å²) in [6.07, 6.45) is 1.97. The van der Waals surface area contributed by atoms with Crippen LogP contribution in [-0.4, -0.2) is 33.2 Å². The molecule has 0 aromatic rings. The maximum Gasteiger partial charge on any atom is 0.232 e. The Morgan fingerprint density at radius 2 is 2.06 bits per heavy atom. The maximum absolute atomic E-state index is 11.6. The molecule has 0 aromatic heterocycles. The van der Waals surface area contributed by atoms with Crippen LogP contribution in [-0.2, 0) is 15.6 Å². The molecule has 0 radical (unpaired) electrons. The fraction of sp³-hybridized carbons (Fsp3) is 0.909. The van der Waals surface area contributed by atoms with Crippen molar-refractivity contribution < 1.29 is 9.00 Å². The van der Waals surface area contributed by atoms with Crippen molar-refractivity contribution in [1.82, 2.24) is 5.32 Å². The van der Waals surface area contributed by atoms with Gasteiger partial charge in [0.05, 0.1) is 0 Å². The monoisotopic (exact) mass is 248 g/mol. The number of amides is 1. The molecule has 0 aliphatic heterocycles. The van der Waals surface area contributed by atoms with Gasteiger partial charge in [0, 0.05) is 28.1 Å². The van der Waals surface area contributed by atoms with E-state index in [1.165, 1.54) is 0 Å². The van der Waals surface area contributed by atoms with Gasteiger partial charge in [0.2, 0.25) is 5.91 Å². The Balaban J connectivity index is 3.92. The molecule has 1 amide bonds. The van der Waals surface area contributed by atoms with Gasteiger partial charge in [-0.15, -0.1) is 0 Å². The van der Waals surface area contributed by atoms with E-state index in [0.29, 0.717) is 5.75 Å². The van der Waals surface area contributed by atoms with E-state index in [0.717, 1.165) is 12.8 Å². The van der Waals surface area contributed by atoms with E-state index >= 15 is 0 Å². The van der Waals surface area contributed by atoms with Gasteiger partial charge >= 0.3 is 0 Å². The fourth-order valence-electron chi connectivity index (χ4n) is 1.43. The van der Waals surface area contributed by atoms with Gasteiger partial charge in [-0.05, 0) is 27.2 Å². The molecular weight excluding hydrogens is 224 g/mol. The summed E-state index contributed by atoms with van der Waals surface area (Å²) < 4.78 is 11.6. The molecular formula is C11H24N2O2S. The first-order valence-electron chi connectivity index (χ1n) is 5.68. The van der Waals surface area contributed by atoms with Crippen LogP contribution < -0.4 is 11.1 Å². The van der Waals surface area contributed by atoms with Crippen molar-refractivity contribution in [2.24, 2.45) is 5.73 Å². The minimum absolute atomic E-state index is 0.0503. The maximum atomic E-state index is 11.6. The van der Waals surface area contributed by atoms with Crippen molar-refractivity contribution in [3.8, 4) is 0 Å². The van der Waals surface area contributed by atoms with Gasteiger partial charge in [-0.2, -0.15) is 0 Å². The zero-order chi connectivity index (χ0) is 12.8. The van der Waals surface area contributed by atoms with Crippen LogP contribution in [0.5, 0.6) is 0 Å². The van der Waals surface area contributed by atoms with E-state index in [1.807, 2.05) is 20.8 Å². The van der Waals surface area contributed by atoms with Crippen molar-refractivity contribution in [2.75, 3.05) is 11.5 Å². The molecule has 0 aliphatic rings. The normalized spacial score (nSPS) is 15.6. The number of rotatable bonds is 7. The molecule has 2 unspecified atom stereocenters. The molecule has 0 heterocycles. The Morgan fingerprint density at radius 1 is 1.50 bits per heavy atom. The standard InChI is InChI=1S/C11H24N2O2S/c1-5-6-9(2)13-10(14)7-16(15)8-11(3,4)12/h9H,5-8,12H2,1-4H3,(H,13,14). The summed E-state index contributed by atoms with van der Waals surface area (Å²) in [6, 6.07) is 0.153. The summed E-state index contributed by atoms with van der Waals surface area (Å²) in [4.78, 5) is 11.5. The van der Waals surface area contributed by atoms with Gasteiger partial charge in [-0.25, -0.2) is 0 Å². The molecule has 0 spiro atoms. The number of hydrogen-bond donors (Lipinski definition) is 2. The number of carbonyl (C=O) groups is 1. The van der Waals surface area contributed by atoms with Gasteiger partial charge in [-0.1, -0.05) is 13.3 Å². The fourth-order valence-corrected chi connectivity index (χ4v) is 2.74. The first kappa shape index (κ1) is 15.6. The molecule has 16 heavy (non-hydrogen) atoms. The lowest BCUT2D eigenvalue weighted by atomic mass is 10.1. The first-order valence-corrected chi connectivity index (χ1v) is 7.16. The van der Waals surface area contributed by atoms with Gasteiger partial charge in [-0.3, -0.25) is 9.00 Å². The highest BCUT2D eigenvalue weighted by molar-refractivity contribution is 7.85. The van der Waals surface area contributed by atoms with Crippen LogP contribution in [0.1, 0.15) is 40.5 Å². The van der Waals surface area contributed by atoms with E-state index in [4.69, 9.17) is 5.73 Å². The third kappa shape index (κ3) is 8.85. The average Bonchev–Trinajstić information content (AvgIpc) is 1.98. The smallest absolute Gasteiger partial charge is 0.232 e. The van der Waals surface area contributed by atoms with Crippen molar-refractivity contribution in [1.29, 1.82) is 0 Å². The van der Waals surface area contributed by atoms with Gasteiger partial charge < -0.3 is 11.1 Å². The Morgan fingerprint density at radius 3 is 2.50 bits per heavy atom. The molecule has 2 atom stereocenters. The summed E-state index contributed by atoms with van der Waals surface area (Å²) in [5, 5.41) is 2.82. The minimum atomic E-state index is -1.18. The zero-order valence-electron chi connectivity index (χ0n) is 10.7. The van der Waals surface area contributed by atoms with Crippen LogP contribution in [0.2, 0.25) is 0 Å². The van der Waals surface area contributed by atoms with Crippen LogP contribution >= 0.6 is 0 Å². The molecule has 0 saturated heterocycles. The number of hydrogen-bond acceptors (Lipinski definition) is 3. The van der Waals surface area contributed by atoms with Crippen LogP contribution in [0.3, 0.4) is 0 Å². The van der Waals surface area contributed by atoms with E-state index in [9.17, 15) is 9.00 Å². The predicted octanol–water partition coefficient (Wildman–Crippen LogP) is 0.777. The molecule has 0 bridgehead atoms. The first-order chi connectivity index (χ1) is 7.24. The second-order valence-electron chi connectivity index (χ2n) is 4.97. The lowest BCUT2D eigenvalue weighted by Crippen LogP contribution is -2.41. The van der Waals surface area contributed by atoms with Gasteiger partial charge in [0.15, 0.2) is 0 Å². The highest BCUT2D eigenvalue weighted by atomic mass is 32.2. The molecule has 5 heteroatoms. The number of nitrogens with one attached hydrogen (secondary N) is 1. The van der Waals surface area contributed by atoms with E-state index in [-0.39, 0.29) is 17.7 Å². The van der Waals surface area contributed by atoms with Crippen molar-refractivity contribution >= 4 is 16.7 Å². The molecule has 3 N–H and O–H groups in total. The summed E-state index contributed by atoms with van der Waals surface area (Å²) in [6.45, 7) is 7.64. The number of carbonyl (C=O) groups excluding carboxylic acids is 1. The second kappa shape index (κ2) is 7.01.